The first-order chi connectivity index (χ1) is 18.3. The van der Waals surface area contributed by atoms with Crippen molar-refractivity contribution in [1.29, 1.82) is 0 Å². The number of benzene rings is 3. The first-order valence-electron chi connectivity index (χ1n) is 12.5. The third-order valence-corrected chi connectivity index (χ3v) is 7.15. The molecule has 2 aliphatic heterocycles. The summed E-state index contributed by atoms with van der Waals surface area (Å²) in [6.07, 6.45) is -3.08. The number of carbonyl (C=O) groups excluding carboxylic acids is 1. The number of ether oxygens (including phenoxy) is 3. The van der Waals surface area contributed by atoms with Gasteiger partial charge in [-0.05, 0) is 66.4 Å². The molecule has 0 aromatic heterocycles. The van der Waals surface area contributed by atoms with Crippen molar-refractivity contribution >= 4 is 11.6 Å². The summed E-state index contributed by atoms with van der Waals surface area (Å²) < 4.78 is 56.9. The van der Waals surface area contributed by atoms with Gasteiger partial charge in [0.15, 0.2) is 11.5 Å². The third-order valence-electron chi connectivity index (χ3n) is 7.15. The molecule has 0 aliphatic carbocycles. The molecule has 2 aliphatic rings. The van der Waals surface area contributed by atoms with Crippen LogP contribution in [0.1, 0.15) is 33.5 Å². The maximum absolute atomic E-state index is 13.7. The van der Waals surface area contributed by atoms with E-state index >= 15 is 0 Å². The summed E-state index contributed by atoms with van der Waals surface area (Å²) in [5, 5.41) is 0. The molecule has 1 atom stereocenters. The Morgan fingerprint density at radius 1 is 1.00 bits per heavy atom. The highest BCUT2D eigenvalue weighted by Gasteiger charge is 2.35. The molecule has 0 saturated heterocycles. The Labute approximate surface area is 219 Å². The van der Waals surface area contributed by atoms with Gasteiger partial charge in [-0.25, -0.2) is 0 Å². The van der Waals surface area contributed by atoms with Gasteiger partial charge in [-0.3, -0.25) is 14.6 Å². The van der Waals surface area contributed by atoms with Crippen LogP contribution in [-0.2, 0) is 19.1 Å². The third kappa shape index (κ3) is 5.15. The van der Waals surface area contributed by atoms with E-state index in [1.54, 1.807) is 43.4 Å². The lowest BCUT2D eigenvalue weighted by Gasteiger charge is -2.38. The lowest BCUT2D eigenvalue weighted by Crippen LogP contribution is -2.48. The van der Waals surface area contributed by atoms with Crippen molar-refractivity contribution in [3.63, 3.8) is 0 Å². The van der Waals surface area contributed by atoms with Gasteiger partial charge in [-0.1, -0.05) is 18.2 Å². The number of hydrogen-bond donors (Lipinski definition) is 0. The number of anilines is 1. The number of nitrogens with zero attached hydrogens (tertiary/aromatic N) is 2. The highest BCUT2D eigenvalue weighted by atomic mass is 19.4. The van der Waals surface area contributed by atoms with Crippen molar-refractivity contribution in [2.45, 2.75) is 31.6 Å². The Kier molecular flexibility index (Phi) is 7.21. The van der Waals surface area contributed by atoms with E-state index in [9.17, 15) is 18.0 Å². The Morgan fingerprint density at radius 3 is 2.47 bits per heavy atom. The molecule has 0 bridgehead atoms. The van der Waals surface area contributed by atoms with Gasteiger partial charge in [0.2, 0.25) is 0 Å². The molecule has 3 aromatic carbocycles. The van der Waals surface area contributed by atoms with Gasteiger partial charge in [0.25, 0.3) is 5.91 Å². The first kappa shape index (κ1) is 25.9. The van der Waals surface area contributed by atoms with Gasteiger partial charge in [-0.2, -0.15) is 13.2 Å². The normalized spacial score (nSPS) is 17.3. The van der Waals surface area contributed by atoms with Crippen LogP contribution in [0.15, 0.2) is 60.7 Å². The van der Waals surface area contributed by atoms with Crippen LogP contribution in [0.2, 0.25) is 0 Å². The van der Waals surface area contributed by atoms with E-state index in [-0.39, 0.29) is 18.2 Å². The molecule has 6 nitrogen and oxygen atoms in total. The zero-order valence-electron chi connectivity index (χ0n) is 21.3. The summed E-state index contributed by atoms with van der Waals surface area (Å²) in [5.74, 6) is 1.46. The highest BCUT2D eigenvalue weighted by molar-refractivity contribution is 6.07. The summed E-state index contributed by atoms with van der Waals surface area (Å²) in [6, 6.07) is 15.4. The van der Waals surface area contributed by atoms with Gasteiger partial charge in [0.1, 0.15) is 12.4 Å². The predicted octanol–water partition coefficient (Wildman–Crippen LogP) is 5.58. The highest BCUT2D eigenvalue weighted by Crippen LogP contribution is 2.37. The molecular formula is C29H29F3N2O4. The number of halogens is 3. The van der Waals surface area contributed by atoms with Crippen LogP contribution < -0.4 is 19.1 Å². The number of hydrogen-bond acceptors (Lipinski definition) is 5. The van der Waals surface area contributed by atoms with Crippen LogP contribution in [0.4, 0.5) is 18.9 Å². The average Bonchev–Trinajstić information content (AvgIpc) is 2.94. The monoisotopic (exact) mass is 526 g/mol. The lowest BCUT2D eigenvalue weighted by atomic mass is 9.98. The van der Waals surface area contributed by atoms with E-state index in [2.05, 4.69) is 4.90 Å². The van der Waals surface area contributed by atoms with Crippen LogP contribution in [0.25, 0.3) is 0 Å². The van der Waals surface area contributed by atoms with Crippen molar-refractivity contribution in [1.82, 2.24) is 4.90 Å². The number of carbonyl (C=O) groups is 1. The van der Waals surface area contributed by atoms with Crippen LogP contribution in [0.3, 0.4) is 0 Å². The van der Waals surface area contributed by atoms with E-state index in [4.69, 9.17) is 14.2 Å². The second-order valence-electron chi connectivity index (χ2n) is 9.48. The number of alkyl halides is 3. The van der Waals surface area contributed by atoms with Gasteiger partial charge in [-0.15, -0.1) is 0 Å². The van der Waals surface area contributed by atoms with Crippen molar-refractivity contribution < 1.29 is 32.2 Å². The number of fused-ring (bicyclic) bond motifs is 2. The minimum Gasteiger partial charge on any atom is -0.493 e. The fourth-order valence-corrected chi connectivity index (χ4v) is 5.15. The van der Waals surface area contributed by atoms with Crippen LogP contribution in [0.5, 0.6) is 17.2 Å². The van der Waals surface area contributed by atoms with Crippen LogP contribution in [0, 0.1) is 0 Å². The predicted molar refractivity (Wildman–Crippen MR) is 137 cm³/mol. The standard InChI is InChI=1S/C29H29F3N2O4/c1-36-26-15-19-10-12-33(17-21(19)16-27(26)37-2)13-11-23-18-38-25-9-4-3-8-24(25)34(23)28(35)20-6-5-7-22(14-20)29(30,31)32/h3-9,14-16,23H,10-13,17-18H2,1-2H3. The lowest BCUT2D eigenvalue weighted by molar-refractivity contribution is -0.137. The molecule has 2 heterocycles. The van der Waals surface area contributed by atoms with E-state index < -0.39 is 17.6 Å². The second-order valence-corrected chi connectivity index (χ2v) is 9.48. The summed E-state index contributed by atoms with van der Waals surface area (Å²) in [6.45, 7) is 2.52. The fraction of sp³-hybridized carbons (Fsp3) is 0.345. The van der Waals surface area contributed by atoms with Crippen molar-refractivity contribution in [2.75, 3.05) is 38.8 Å². The van der Waals surface area contributed by atoms with E-state index in [0.717, 1.165) is 37.2 Å². The maximum atomic E-state index is 13.7. The quantitative estimate of drug-likeness (QED) is 0.420. The van der Waals surface area contributed by atoms with Crippen molar-refractivity contribution in [3.8, 4) is 17.2 Å². The molecule has 200 valence electrons. The maximum Gasteiger partial charge on any atom is 0.416 e. The SMILES string of the molecule is COc1cc2c(cc1OC)CN(CCC1COc3ccccc3N1C(=O)c1cccc(C(F)(F)F)c1)CC2. The summed E-state index contributed by atoms with van der Waals surface area (Å²) in [5.41, 5.74) is 2.09. The van der Waals surface area contributed by atoms with Crippen molar-refractivity contribution in [2.24, 2.45) is 0 Å². The molecule has 5 rings (SSSR count). The van der Waals surface area contributed by atoms with Gasteiger partial charge in [0, 0.05) is 25.2 Å². The molecule has 0 radical (unpaired) electrons. The largest absolute Gasteiger partial charge is 0.493 e. The molecule has 38 heavy (non-hydrogen) atoms. The number of amides is 1. The van der Waals surface area contributed by atoms with E-state index in [0.29, 0.717) is 35.9 Å². The van der Waals surface area contributed by atoms with E-state index in [1.807, 2.05) is 12.1 Å². The van der Waals surface area contributed by atoms with Crippen LogP contribution >= 0.6 is 0 Å². The minimum atomic E-state index is -4.53. The molecule has 0 spiro atoms. The summed E-state index contributed by atoms with van der Waals surface area (Å²) in [7, 11) is 3.23. The zero-order valence-corrected chi connectivity index (χ0v) is 21.3. The van der Waals surface area contributed by atoms with Gasteiger partial charge >= 0.3 is 6.18 Å². The number of methoxy groups -OCH3 is 2. The zero-order chi connectivity index (χ0) is 26.9. The molecule has 0 fully saturated rings. The smallest absolute Gasteiger partial charge is 0.416 e. The fourth-order valence-electron chi connectivity index (χ4n) is 5.15. The molecule has 9 heteroatoms. The summed E-state index contributed by atoms with van der Waals surface area (Å²) >= 11 is 0. The minimum absolute atomic E-state index is 0.00512. The van der Waals surface area contributed by atoms with Gasteiger partial charge < -0.3 is 14.2 Å². The Hall–Kier alpha value is -3.72. The molecule has 1 unspecified atom stereocenters. The average molecular weight is 527 g/mol. The van der Waals surface area contributed by atoms with Gasteiger partial charge in [0.05, 0.1) is 31.5 Å². The molecule has 0 N–H and O–H groups in total. The topological polar surface area (TPSA) is 51.2 Å². The molecular weight excluding hydrogens is 497 g/mol. The Bertz CT molecular complexity index is 1330. The Balaban J connectivity index is 1.36. The number of para-hydroxylation sites is 2. The second kappa shape index (κ2) is 10.6. The van der Waals surface area contributed by atoms with Crippen LogP contribution in [-0.4, -0.2) is 50.8 Å². The summed E-state index contributed by atoms with van der Waals surface area (Å²) in [4.78, 5) is 17.6. The Morgan fingerprint density at radius 2 is 1.74 bits per heavy atom. The molecule has 0 saturated carbocycles. The molecule has 3 aromatic rings. The van der Waals surface area contributed by atoms with Crippen molar-refractivity contribution in [3.05, 3.63) is 82.9 Å². The number of rotatable bonds is 6. The first-order valence-corrected chi connectivity index (χ1v) is 12.5. The molecule has 1 amide bonds. The van der Waals surface area contributed by atoms with E-state index in [1.165, 1.54) is 17.7 Å².